The third-order valence-corrected chi connectivity index (χ3v) is 2.57. The highest BCUT2D eigenvalue weighted by Crippen LogP contribution is 2.32. The van der Waals surface area contributed by atoms with Crippen molar-refractivity contribution >= 4 is 11.9 Å². The molecule has 3 N–H and O–H groups in total. The zero-order chi connectivity index (χ0) is 12.6. The molecule has 2 aromatic rings. The maximum absolute atomic E-state index is 11.0. The summed E-state index contributed by atoms with van der Waals surface area (Å²) in [6, 6.07) is 5.66. The molecule has 5 nitrogen and oxygen atoms in total. The molecule has 17 heavy (non-hydrogen) atoms. The van der Waals surface area contributed by atoms with Gasteiger partial charge in [0.1, 0.15) is 0 Å². The maximum atomic E-state index is 11.0. The molecular formula is C12H12N2O3. The predicted octanol–water partition coefficient (Wildman–Crippen LogP) is 2.24. The highest BCUT2D eigenvalue weighted by molar-refractivity contribution is 5.97. The number of rotatable bonds is 2. The smallest absolute Gasteiger partial charge is 0.358 e. The van der Waals surface area contributed by atoms with Crippen molar-refractivity contribution in [2.24, 2.45) is 0 Å². The van der Waals surface area contributed by atoms with E-state index in [0.29, 0.717) is 5.56 Å². The first-order valence-electron chi connectivity index (χ1n) is 5.06. The summed E-state index contributed by atoms with van der Waals surface area (Å²) in [6.45, 7) is 3.85. The van der Waals surface area contributed by atoms with Gasteiger partial charge in [-0.25, -0.2) is 4.79 Å². The van der Waals surface area contributed by atoms with Crippen LogP contribution < -0.4 is 5.73 Å². The molecule has 0 saturated heterocycles. The molecule has 88 valence electrons. The van der Waals surface area contributed by atoms with Gasteiger partial charge in [-0.05, 0) is 25.0 Å². The largest absolute Gasteiger partial charge is 0.476 e. The van der Waals surface area contributed by atoms with Crippen molar-refractivity contribution in [3.63, 3.8) is 0 Å². The third kappa shape index (κ3) is 1.87. The number of hydrogen-bond donors (Lipinski definition) is 2. The molecule has 2 rings (SSSR count). The van der Waals surface area contributed by atoms with Crippen LogP contribution in [-0.2, 0) is 0 Å². The van der Waals surface area contributed by atoms with E-state index in [0.717, 1.165) is 16.7 Å². The first-order chi connectivity index (χ1) is 8.00. The molecular weight excluding hydrogens is 220 g/mol. The number of aryl methyl sites for hydroxylation is 2. The number of nitrogens with zero attached hydrogens (tertiary/aromatic N) is 1. The number of benzene rings is 1. The fourth-order valence-corrected chi connectivity index (χ4v) is 1.80. The molecule has 5 heteroatoms. The molecule has 0 amide bonds. The van der Waals surface area contributed by atoms with Crippen molar-refractivity contribution in [3.8, 4) is 11.1 Å². The number of carboxylic acids is 1. The number of nitrogen functional groups attached to an aromatic ring is 1. The fraction of sp³-hybridized carbons (Fsp3) is 0.167. The van der Waals surface area contributed by atoms with Crippen molar-refractivity contribution in [1.29, 1.82) is 0 Å². The molecule has 0 aliphatic heterocycles. The standard InChI is InChI=1S/C12H12N2O3/c1-6-3-4-8(7(2)5-6)9-10(12(15)16)14-17-11(9)13/h3-5H,13H2,1-2H3,(H,15,16). The van der Waals surface area contributed by atoms with Gasteiger partial charge in [0, 0.05) is 0 Å². The molecule has 1 aromatic carbocycles. The van der Waals surface area contributed by atoms with Crippen LogP contribution in [-0.4, -0.2) is 16.2 Å². The van der Waals surface area contributed by atoms with Gasteiger partial charge in [-0.15, -0.1) is 0 Å². The van der Waals surface area contributed by atoms with Crippen molar-refractivity contribution in [2.75, 3.05) is 5.73 Å². The van der Waals surface area contributed by atoms with E-state index >= 15 is 0 Å². The third-order valence-electron chi connectivity index (χ3n) is 2.57. The molecule has 1 aromatic heterocycles. The lowest BCUT2D eigenvalue weighted by Gasteiger charge is -2.05. The van der Waals surface area contributed by atoms with Gasteiger partial charge in [0.2, 0.25) is 11.6 Å². The Morgan fingerprint density at radius 1 is 1.41 bits per heavy atom. The normalized spacial score (nSPS) is 10.5. The SMILES string of the molecule is Cc1ccc(-c2c(C(=O)O)noc2N)c(C)c1. The monoisotopic (exact) mass is 232 g/mol. The lowest BCUT2D eigenvalue weighted by atomic mass is 9.98. The van der Waals surface area contributed by atoms with Crippen LogP contribution in [0.25, 0.3) is 11.1 Å². The molecule has 0 aliphatic rings. The average molecular weight is 232 g/mol. The van der Waals surface area contributed by atoms with E-state index in [1.807, 2.05) is 32.0 Å². The Kier molecular flexibility index (Phi) is 2.59. The molecule has 0 unspecified atom stereocenters. The lowest BCUT2D eigenvalue weighted by Crippen LogP contribution is -2.00. The van der Waals surface area contributed by atoms with Crippen LogP contribution in [0, 0.1) is 13.8 Å². The average Bonchev–Trinajstić information content (AvgIpc) is 2.60. The Morgan fingerprint density at radius 2 is 2.12 bits per heavy atom. The van der Waals surface area contributed by atoms with E-state index in [1.165, 1.54) is 0 Å². The molecule has 0 saturated carbocycles. The Hall–Kier alpha value is -2.30. The number of anilines is 1. The fourth-order valence-electron chi connectivity index (χ4n) is 1.80. The van der Waals surface area contributed by atoms with Crippen LogP contribution in [0.15, 0.2) is 22.7 Å². The quantitative estimate of drug-likeness (QED) is 0.828. The summed E-state index contributed by atoms with van der Waals surface area (Å²) in [5.41, 5.74) is 8.57. The second-order valence-corrected chi connectivity index (χ2v) is 3.89. The Bertz CT molecular complexity index is 587. The maximum Gasteiger partial charge on any atom is 0.358 e. The Balaban J connectivity index is 2.67. The van der Waals surface area contributed by atoms with Gasteiger partial charge >= 0.3 is 5.97 Å². The molecule has 0 spiro atoms. The summed E-state index contributed by atoms with van der Waals surface area (Å²) in [6.07, 6.45) is 0. The van der Waals surface area contributed by atoms with Gasteiger partial charge in [0.25, 0.3) is 0 Å². The van der Waals surface area contributed by atoms with Crippen LogP contribution in [0.2, 0.25) is 0 Å². The minimum absolute atomic E-state index is 0.0225. The van der Waals surface area contributed by atoms with E-state index in [4.69, 9.17) is 15.4 Å². The summed E-state index contributed by atoms with van der Waals surface area (Å²) in [5, 5.41) is 12.5. The summed E-state index contributed by atoms with van der Waals surface area (Å²) in [5.74, 6) is -1.13. The number of carboxylic acid groups (broad SMARTS) is 1. The topological polar surface area (TPSA) is 89.3 Å². The lowest BCUT2D eigenvalue weighted by molar-refractivity contribution is 0.0686. The second-order valence-electron chi connectivity index (χ2n) is 3.89. The van der Waals surface area contributed by atoms with Gasteiger partial charge in [-0.1, -0.05) is 28.9 Å². The van der Waals surface area contributed by atoms with Crippen LogP contribution in [0.3, 0.4) is 0 Å². The van der Waals surface area contributed by atoms with Crippen molar-refractivity contribution < 1.29 is 14.4 Å². The summed E-state index contributed by atoms with van der Waals surface area (Å²) in [4.78, 5) is 11.0. The summed E-state index contributed by atoms with van der Waals surface area (Å²) < 4.78 is 4.74. The van der Waals surface area contributed by atoms with E-state index in [2.05, 4.69) is 5.16 Å². The number of aromatic nitrogens is 1. The van der Waals surface area contributed by atoms with Gasteiger partial charge in [0.05, 0.1) is 5.56 Å². The Morgan fingerprint density at radius 3 is 2.71 bits per heavy atom. The molecule has 0 fully saturated rings. The van der Waals surface area contributed by atoms with Gasteiger partial charge in [-0.2, -0.15) is 0 Å². The van der Waals surface area contributed by atoms with E-state index in [9.17, 15) is 4.79 Å². The molecule has 0 atom stereocenters. The first-order valence-corrected chi connectivity index (χ1v) is 5.06. The van der Waals surface area contributed by atoms with E-state index < -0.39 is 5.97 Å². The van der Waals surface area contributed by atoms with Gasteiger partial charge in [-0.3, -0.25) is 0 Å². The zero-order valence-corrected chi connectivity index (χ0v) is 9.52. The summed E-state index contributed by atoms with van der Waals surface area (Å²) in [7, 11) is 0. The van der Waals surface area contributed by atoms with Crippen LogP contribution in [0.1, 0.15) is 21.6 Å². The first kappa shape index (κ1) is 11.2. The minimum atomic E-state index is -1.15. The van der Waals surface area contributed by atoms with Crippen molar-refractivity contribution in [3.05, 3.63) is 35.0 Å². The van der Waals surface area contributed by atoms with Crippen molar-refractivity contribution in [1.82, 2.24) is 5.16 Å². The predicted molar refractivity (Wildman–Crippen MR) is 62.8 cm³/mol. The molecule has 1 heterocycles. The number of aromatic carboxylic acids is 1. The van der Waals surface area contributed by atoms with Crippen LogP contribution >= 0.6 is 0 Å². The highest BCUT2D eigenvalue weighted by atomic mass is 16.5. The van der Waals surface area contributed by atoms with E-state index in [-0.39, 0.29) is 11.6 Å². The van der Waals surface area contributed by atoms with Crippen LogP contribution in [0.5, 0.6) is 0 Å². The van der Waals surface area contributed by atoms with Gasteiger partial charge < -0.3 is 15.4 Å². The van der Waals surface area contributed by atoms with Crippen LogP contribution in [0.4, 0.5) is 5.88 Å². The minimum Gasteiger partial charge on any atom is -0.476 e. The number of nitrogens with two attached hydrogens (primary N) is 1. The molecule has 0 bridgehead atoms. The highest BCUT2D eigenvalue weighted by Gasteiger charge is 2.22. The van der Waals surface area contributed by atoms with Gasteiger partial charge in [0.15, 0.2) is 0 Å². The molecule has 0 radical (unpaired) electrons. The zero-order valence-electron chi connectivity index (χ0n) is 9.52. The second kappa shape index (κ2) is 3.93. The van der Waals surface area contributed by atoms with Crippen molar-refractivity contribution in [2.45, 2.75) is 13.8 Å². The summed E-state index contributed by atoms with van der Waals surface area (Å²) >= 11 is 0. The number of carbonyl (C=O) groups is 1. The molecule has 0 aliphatic carbocycles. The number of hydrogen-bond acceptors (Lipinski definition) is 4. The Labute approximate surface area is 97.8 Å². The van der Waals surface area contributed by atoms with E-state index in [1.54, 1.807) is 0 Å².